The molecule has 0 amide bonds. The second-order valence-electron chi connectivity index (χ2n) is 4.23. The first-order valence-electron chi connectivity index (χ1n) is 5.98. The fourth-order valence-electron chi connectivity index (χ4n) is 1.91. The maximum Gasteiger partial charge on any atom is 0.112 e. The van der Waals surface area contributed by atoms with Crippen molar-refractivity contribution in [2.24, 2.45) is 0 Å². The molecule has 0 aliphatic heterocycles. The van der Waals surface area contributed by atoms with Crippen molar-refractivity contribution in [3.05, 3.63) is 29.0 Å². The van der Waals surface area contributed by atoms with Gasteiger partial charge in [0.15, 0.2) is 0 Å². The largest absolute Gasteiger partial charge is 0.373 e. The molecule has 0 atom stereocenters. The lowest BCUT2D eigenvalue weighted by Crippen LogP contribution is -2.22. The lowest BCUT2D eigenvalue weighted by molar-refractivity contribution is 0.713. The third-order valence-corrected chi connectivity index (χ3v) is 3.29. The Bertz CT molecular complexity index is 529. The monoisotopic (exact) mass is 308 g/mol. The number of halogens is 1. The summed E-state index contributed by atoms with van der Waals surface area (Å²) < 4.78 is 0.956. The van der Waals surface area contributed by atoms with Gasteiger partial charge in [-0.25, -0.2) is 0 Å². The number of rotatable bonds is 5. The SMILES string of the molecule is CNCCCN(C)c1ccnc2cc(Br)cnc12. The molecule has 2 aromatic heterocycles. The summed E-state index contributed by atoms with van der Waals surface area (Å²) in [5.41, 5.74) is 3.00. The van der Waals surface area contributed by atoms with Crippen molar-refractivity contribution in [2.45, 2.75) is 6.42 Å². The van der Waals surface area contributed by atoms with E-state index < -0.39 is 0 Å². The molecule has 0 saturated carbocycles. The van der Waals surface area contributed by atoms with Gasteiger partial charge in [0.05, 0.1) is 11.2 Å². The summed E-state index contributed by atoms with van der Waals surface area (Å²) in [6.45, 7) is 2.02. The van der Waals surface area contributed by atoms with E-state index in [9.17, 15) is 0 Å². The molecular weight excluding hydrogens is 292 g/mol. The number of pyridine rings is 2. The van der Waals surface area contributed by atoms with Crippen LogP contribution < -0.4 is 10.2 Å². The molecule has 1 N–H and O–H groups in total. The standard InChI is InChI=1S/C13H17BrN4/c1-15-5-3-7-18(2)12-4-6-16-11-8-10(14)9-17-13(11)12/h4,6,8-9,15H,3,5,7H2,1-2H3. The van der Waals surface area contributed by atoms with Gasteiger partial charge in [0.25, 0.3) is 0 Å². The van der Waals surface area contributed by atoms with Crippen LogP contribution in [0.3, 0.4) is 0 Å². The van der Waals surface area contributed by atoms with Crippen LogP contribution in [0.1, 0.15) is 6.42 Å². The predicted octanol–water partition coefficient (Wildman–Crippen LogP) is 2.44. The molecule has 0 radical (unpaired) electrons. The minimum Gasteiger partial charge on any atom is -0.373 e. The van der Waals surface area contributed by atoms with Crippen LogP contribution in [0.15, 0.2) is 29.0 Å². The summed E-state index contributed by atoms with van der Waals surface area (Å²) in [6, 6.07) is 4.01. The van der Waals surface area contributed by atoms with Gasteiger partial charge in [0, 0.05) is 30.5 Å². The molecule has 0 aliphatic carbocycles. The Morgan fingerprint density at radius 2 is 2.22 bits per heavy atom. The topological polar surface area (TPSA) is 41.0 Å². The Kier molecular flexibility index (Phi) is 4.49. The lowest BCUT2D eigenvalue weighted by Gasteiger charge is -2.20. The first-order valence-corrected chi connectivity index (χ1v) is 6.77. The van der Waals surface area contributed by atoms with Crippen LogP contribution in [-0.2, 0) is 0 Å². The molecule has 0 fully saturated rings. The van der Waals surface area contributed by atoms with Crippen LogP contribution in [-0.4, -0.2) is 37.2 Å². The molecule has 0 unspecified atom stereocenters. The van der Waals surface area contributed by atoms with E-state index in [-0.39, 0.29) is 0 Å². The normalized spacial score (nSPS) is 10.8. The molecule has 0 aliphatic rings. The highest BCUT2D eigenvalue weighted by molar-refractivity contribution is 9.10. The van der Waals surface area contributed by atoms with Gasteiger partial charge in [0.2, 0.25) is 0 Å². The van der Waals surface area contributed by atoms with Crippen molar-refractivity contribution in [2.75, 3.05) is 32.1 Å². The molecule has 2 rings (SSSR count). The lowest BCUT2D eigenvalue weighted by atomic mass is 10.2. The summed E-state index contributed by atoms with van der Waals surface area (Å²) >= 11 is 3.42. The minimum absolute atomic E-state index is 0.919. The number of hydrogen-bond donors (Lipinski definition) is 1. The predicted molar refractivity (Wildman–Crippen MR) is 79.1 cm³/mol. The molecule has 0 spiro atoms. The molecule has 4 nitrogen and oxygen atoms in total. The Labute approximate surface area is 116 Å². The second-order valence-corrected chi connectivity index (χ2v) is 5.15. The van der Waals surface area contributed by atoms with Gasteiger partial charge in [-0.3, -0.25) is 9.97 Å². The number of aromatic nitrogens is 2. The van der Waals surface area contributed by atoms with Crippen LogP contribution in [0, 0.1) is 0 Å². The van der Waals surface area contributed by atoms with E-state index in [0.717, 1.165) is 40.7 Å². The molecule has 18 heavy (non-hydrogen) atoms. The Morgan fingerprint density at radius 3 is 3.00 bits per heavy atom. The first-order chi connectivity index (χ1) is 8.72. The number of hydrogen-bond acceptors (Lipinski definition) is 4. The van der Waals surface area contributed by atoms with E-state index >= 15 is 0 Å². The van der Waals surface area contributed by atoms with Gasteiger partial charge >= 0.3 is 0 Å². The van der Waals surface area contributed by atoms with Crippen LogP contribution in [0.25, 0.3) is 11.0 Å². The van der Waals surface area contributed by atoms with Crippen LogP contribution in [0.2, 0.25) is 0 Å². The molecule has 96 valence electrons. The first kappa shape index (κ1) is 13.2. The van der Waals surface area contributed by atoms with Crippen molar-refractivity contribution < 1.29 is 0 Å². The Hall–Kier alpha value is -1.20. The van der Waals surface area contributed by atoms with Crippen molar-refractivity contribution in [1.29, 1.82) is 0 Å². The molecule has 0 aromatic carbocycles. The summed E-state index contributed by atoms with van der Waals surface area (Å²) in [7, 11) is 4.06. The molecule has 0 bridgehead atoms. The van der Waals surface area contributed by atoms with Crippen molar-refractivity contribution in [3.63, 3.8) is 0 Å². The van der Waals surface area contributed by atoms with Gasteiger partial charge in [-0.2, -0.15) is 0 Å². The van der Waals surface area contributed by atoms with Gasteiger partial charge in [-0.1, -0.05) is 0 Å². The zero-order chi connectivity index (χ0) is 13.0. The second kappa shape index (κ2) is 6.11. The summed E-state index contributed by atoms with van der Waals surface area (Å²) in [4.78, 5) is 11.0. The van der Waals surface area contributed by atoms with E-state index in [4.69, 9.17) is 0 Å². The van der Waals surface area contributed by atoms with Crippen LogP contribution >= 0.6 is 15.9 Å². The van der Waals surface area contributed by atoms with Crippen LogP contribution in [0.5, 0.6) is 0 Å². The van der Waals surface area contributed by atoms with Gasteiger partial charge in [0.1, 0.15) is 5.52 Å². The zero-order valence-corrected chi connectivity index (χ0v) is 12.2. The van der Waals surface area contributed by atoms with Crippen molar-refractivity contribution in [1.82, 2.24) is 15.3 Å². The third-order valence-electron chi connectivity index (χ3n) is 2.85. The number of anilines is 1. The fraction of sp³-hybridized carbons (Fsp3) is 0.385. The maximum absolute atomic E-state index is 4.46. The fourth-order valence-corrected chi connectivity index (χ4v) is 2.23. The van der Waals surface area contributed by atoms with Gasteiger partial charge in [-0.15, -0.1) is 0 Å². The van der Waals surface area contributed by atoms with E-state index in [1.165, 1.54) is 0 Å². The Morgan fingerprint density at radius 1 is 1.39 bits per heavy atom. The molecular formula is C13H17BrN4. The summed E-state index contributed by atoms with van der Waals surface area (Å²) in [5.74, 6) is 0. The van der Waals surface area contributed by atoms with E-state index in [1.54, 1.807) is 0 Å². The quantitative estimate of drug-likeness (QED) is 0.861. The van der Waals surface area contributed by atoms with E-state index in [1.807, 2.05) is 31.6 Å². The van der Waals surface area contributed by atoms with Crippen molar-refractivity contribution in [3.8, 4) is 0 Å². The number of nitrogens with one attached hydrogen (secondary N) is 1. The average Bonchev–Trinajstić information content (AvgIpc) is 2.37. The molecule has 0 saturated heterocycles. The molecule has 5 heteroatoms. The minimum atomic E-state index is 0.919. The van der Waals surface area contributed by atoms with Crippen molar-refractivity contribution >= 4 is 32.7 Å². The summed E-state index contributed by atoms with van der Waals surface area (Å²) in [6.07, 6.45) is 4.75. The third kappa shape index (κ3) is 2.97. The van der Waals surface area contributed by atoms with Gasteiger partial charge < -0.3 is 10.2 Å². The molecule has 2 aromatic rings. The van der Waals surface area contributed by atoms with Gasteiger partial charge in [-0.05, 0) is 48.1 Å². The number of nitrogens with zero attached hydrogens (tertiary/aromatic N) is 3. The highest BCUT2D eigenvalue weighted by Gasteiger charge is 2.08. The number of fused-ring (bicyclic) bond motifs is 1. The Balaban J connectivity index is 2.27. The highest BCUT2D eigenvalue weighted by Crippen LogP contribution is 2.24. The van der Waals surface area contributed by atoms with E-state index in [0.29, 0.717) is 0 Å². The summed E-state index contributed by atoms with van der Waals surface area (Å²) in [5, 5.41) is 3.16. The average molecular weight is 309 g/mol. The van der Waals surface area contributed by atoms with E-state index in [2.05, 4.69) is 43.2 Å². The smallest absolute Gasteiger partial charge is 0.112 e. The van der Waals surface area contributed by atoms with Crippen LogP contribution in [0.4, 0.5) is 5.69 Å². The highest BCUT2D eigenvalue weighted by atomic mass is 79.9. The maximum atomic E-state index is 4.46. The molecule has 2 heterocycles. The zero-order valence-electron chi connectivity index (χ0n) is 10.7.